The average molecular weight is 376 g/mol. The van der Waals surface area contributed by atoms with Crippen molar-refractivity contribution in [2.75, 3.05) is 11.9 Å². The van der Waals surface area contributed by atoms with Gasteiger partial charge in [0, 0.05) is 31.2 Å². The Morgan fingerprint density at radius 1 is 1.08 bits per heavy atom. The van der Waals surface area contributed by atoms with Crippen LogP contribution in [0.25, 0.3) is 11.0 Å². The lowest BCUT2D eigenvalue weighted by atomic mass is 10.0. The second kappa shape index (κ2) is 8.20. The van der Waals surface area contributed by atoms with Crippen LogP contribution in [0.5, 0.6) is 0 Å². The largest absolute Gasteiger partial charge is 0.320 e. The number of hydrogen-bond donors (Lipinski definition) is 1. The maximum Gasteiger partial charge on any atom is 0.243 e. The van der Waals surface area contributed by atoms with Crippen molar-refractivity contribution in [2.45, 2.75) is 12.5 Å². The fourth-order valence-corrected chi connectivity index (χ4v) is 2.61. The maximum absolute atomic E-state index is 13.3. The van der Waals surface area contributed by atoms with E-state index in [1.807, 2.05) is 0 Å². The fourth-order valence-electron chi connectivity index (χ4n) is 2.61. The van der Waals surface area contributed by atoms with E-state index in [4.69, 9.17) is 5.73 Å². The van der Waals surface area contributed by atoms with Crippen LogP contribution in [0, 0.1) is 11.6 Å². The highest BCUT2D eigenvalue weighted by molar-refractivity contribution is 7.59. The topological polar surface area (TPSA) is 72.1 Å². The van der Waals surface area contributed by atoms with Crippen LogP contribution < -0.4 is 10.6 Å². The lowest BCUT2D eigenvalue weighted by Gasteiger charge is -2.21. The molecule has 0 radical (unpaired) electrons. The minimum absolute atomic E-state index is 0. The van der Waals surface area contributed by atoms with Gasteiger partial charge in [0.1, 0.15) is 11.6 Å². The Bertz CT molecular complexity index is 918. The molecular formula is C18H18F2N4OS. The number of likely N-dealkylation sites (N-methyl/N-ethyl adjacent to an activating group) is 1. The molecule has 0 aliphatic rings. The number of hydrogen-bond acceptors (Lipinski definition) is 4. The first-order valence-corrected chi connectivity index (χ1v) is 7.63. The number of nitrogens with zero attached hydrogens (tertiary/aromatic N) is 3. The molecular weight excluding hydrogens is 358 g/mol. The summed E-state index contributed by atoms with van der Waals surface area (Å²) in [4.78, 5) is 22.3. The molecule has 1 aromatic heterocycles. The van der Waals surface area contributed by atoms with Crippen molar-refractivity contribution >= 4 is 36.1 Å². The molecule has 26 heavy (non-hydrogen) atoms. The third kappa shape index (κ3) is 4.33. The molecule has 1 atom stereocenters. The van der Waals surface area contributed by atoms with E-state index in [1.165, 1.54) is 17.0 Å². The number of aromatic nitrogens is 2. The van der Waals surface area contributed by atoms with Crippen molar-refractivity contribution in [3.63, 3.8) is 0 Å². The highest BCUT2D eigenvalue weighted by Gasteiger charge is 2.20. The quantitative estimate of drug-likeness (QED) is 0.760. The van der Waals surface area contributed by atoms with E-state index in [9.17, 15) is 13.6 Å². The van der Waals surface area contributed by atoms with Gasteiger partial charge in [-0.3, -0.25) is 14.8 Å². The highest BCUT2D eigenvalue weighted by Crippen LogP contribution is 2.19. The Hall–Kier alpha value is -2.58. The lowest BCUT2D eigenvalue weighted by Crippen LogP contribution is -2.43. The number of amides is 1. The van der Waals surface area contributed by atoms with Gasteiger partial charge in [-0.05, 0) is 42.3 Å². The van der Waals surface area contributed by atoms with Gasteiger partial charge in [0.25, 0.3) is 0 Å². The number of carbonyl (C=O) groups is 1. The molecule has 2 aromatic carbocycles. The summed E-state index contributed by atoms with van der Waals surface area (Å²) in [6.07, 6.45) is 3.19. The van der Waals surface area contributed by atoms with Gasteiger partial charge in [-0.2, -0.15) is 13.5 Å². The van der Waals surface area contributed by atoms with Crippen molar-refractivity contribution in [1.29, 1.82) is 0 Å². The molecule has 3 rings (SSSR count). The monoisotopic (exact) mass is 376 g/mol. The number of benzene rings is 2. The van der Waals surface area contributed by atoms with E-state index in [1.54, 1.807) is 37.6 Å². The van der Waals surface area contributed by atoms with Crippen LogP contribution in [0.3, 0.4) is 0 Å². The molecule has 0 unspecified atom stereocenters. The van der Waals surface area contributed by atoms with Gasteiger partial charge in [0.2, 0.25) is 5.91 Å². The molecule has 0 bridgehead atoms. The minimum Gasteiger partial charge on any atom is -0.320 e. The molecule has 0 fully saturated rings. The van der Waals surface area contributed by atoms with Crippen LogP contribution in [-0.2, 0) is 11.2 Å². The van der Waals surface area contributed by atoms with Crippen LogP contribution in [0.4, 0.5) is 14.5 Å². The molecule has 1 heterocycles. The predicted octanol–water partition coefficient (Wildman–Crippen LogP) is 2.55. The van der Waals surface area contributed by atoms with Gasteiger partial charge < -0.3 is 10.6 Å². The average Bonchev–Trinajstić information content (AvgIpc) is 2.59. The summed E-state index contributed by atoms with van der Waals surface area (Å²) in [5.41, 5.74) is 8.24. The normalized spacial score (nSPS) is 11.7. The second-order valence-corrected chi connectivity index (χ2v) is 5.71. The molecule has 0 saturated carbocycles. The zero-order valence-corrected chi connectivity index (χ0v) is 15.0. The summed E-state index contributed by atoms with van der Waals surface area (Å²) in [7, 11) is 1.59. The highest BCUT2D eigenvalue weighted by atomic mass is 32.1. The van der Waals surface area contributed by atoms with Crippen molar-refractivity contribution in [3.05, 3.63) is 66.0 Å². The van der Waals surface area contributed by atoms with Crippen LogP contribution in [0.2, 0.25) is 0 Å². The van der Waals surface area contributed by atoms with Crippen LogP contribution >= 0.6 is 13.5 Å². The van der Waals surface area contributed by atoms with Crippen LogP contribution in [0.1, 0.15) is 5.56 Å². The zero-order valence-electron chi connectivity index (χ0n) is 14.0. The molecule has 136 valence electrons. The fraction of sp³-hybridized carbons (Fsp3) is 0.167. The van der Waals surface area contributed by atoms with Crippen LogP contribution in [-0.4, -0.2) is 29.0 Å². The zero-order chi connectivity index (χ0) is 18.0. The first-order valence-electron chi connectivity index (χ1n) is 7.63. The van der Waals surface area contributed by atoms with Crippen molar-refractivity contribution < 1.29 is 13.6 Å². The van der Waals surface area contributed by atoms with E-state index in [0.29, 0.717) is 22.3 Å². The smallest absolute Gasteiger partial charge is 0.243 e. The summed E-state index contributed by atoms with van der Waals surface area (Å²) in [5.74, 6) is -1.76. The first-order chi connectivity index (χ1) is 11.9. The molecule has 0 aliphatic heterocycles. The first kappa shape index (κ1) is 19.7. The number of nitrogens with two attached hydrogens (primary N) is 1. The molecule has 0 aliphatic carbocycles. The Morgan fingerprint density at radius 3 is 2.35 bits per heavy atom. The Labute approximate surface area is 156 Å². The molecule has 0 saturated heterocycles. The van der Waals surface area contributed by atoms with Gasteiger partial charge in [-0.1, -0.05) is 0 Å². The number of fused-ring (bicyclic) bond motifs is 1. The Morgan fingerprint density at radius 2 is 1.69 bits per heavy atom. The van der Waals surface area contributed by atoms with Gasteiger partial charge in [0.15, 0.2) is 0 Å². The van der Waals surface area contributed by atoms with E-state index in [2.05, 4.69) is 9.97 Å². The summed E-state index contributed by atoms with van der Waals surface area (Å²) in [6.45, 7) is 0. The second-order valence-electron chi connectivity index (χ2n) is 5.71. The van der Waals surface area contributed by atoms with Gasteiger partial charge in [-0.15, -0.1) is 0 Å². The molecule has 0 spiro atoms. The minimum atomic E-state index is -0.927. The molecule has 5 nitrogen and oxygen atoms in total. The maximum atomic E-state index is 13.3. The number of halogens is 2. The van der Waals surface area contributed by atoms with E-state index in [0.717, 1.165) is 6.07 Å². The molecule has 2 N–H and O–H groups in total. The number of carbonyl (C=O) groups excluding carboxylic acids is 1. The molecule has 8 heteroatoms. The summed E-state index contributed by atoms with van der Waals surface area (Å²) in [5, 5.41) is 0. The summed E-state index contributed by atoms with van der Waals surface area (Å²) < 4.78 is 26.5. The summed E-state index contributed by atoms with van der Waals surface area (Å²) >= 11 is 0. The summed E-state index contributed by atoms with van der Waals surface area (Å²) in [6, 6.07) is 7.42. The van der Waals surface area contributed by atoms with Gasteiger partial charge in [0.05, 0.1) is 17.1 Å². The number of anilines is 1. The van der Waals surface area contributed by atoms with E-state index >= 15 is 0 Å². The van der Waals surface area contributed by atoms with Crippen molar-refractivity contribution in [3.8, 4) is 0 Å². The Kier molecular flexibility index (Phi) is 6.23. The van der Waals surface area contributed by atoms with Crippen molar-refractivity contribution in [1.82, 2.24) is 9.97 Å². The van der Waals surface area contributed by atoms with E-state index in [-0.39, 0.29) is 25.8 Å². The predicted molar refractivity (Wildman–Crippen MR) is 101 cm³/mol. The van der Waals surface area contributed by atoms with Gasteiger partial charge in [-0.25, -0.2) is 8.78 Å². The molecule has 3 aromatic rings. The number of rotatable bonds is 4. The molecule has 1 amide bonds. The lowest BCUT2D eigenvalue weighted by molar-refractivity contribution is -0.119. The van der Waals surface area contributed by atoms with Crippen molar-refractivity contribution in [2.24, 2.45) is 5.73 Å². The third-order valence-electron chi connectivity index (χ3n) is 3.87. The Balaban J connectivity index is 0.00000243. The van der Waals surface area contributed by atoms with Gasteiger partial charge >= 0.3 is 0 Å². The standard InChI is InChI=1S/C18H16F2N4O.H2S/c1-24(14-2-3-16-17(10-14)23-5-4-22-16)18(25)15(21)8-11-6-12(19)9-13(20)7-11;/h2-7,9-10,15H,8,21H2,1H3;1H2/t15-;/m0./s1. The third-order valence-corrected chi connectivity index (χ3v) is 3.87. The van der Waals surface area contributed by atoms with E-state index < -0.39 is 17.7 Å². The van der Waals surface area contributed by atoms with Crippen LogP contribution in [0.15, 0.2) is 48.8 Å². The SMILES string of the molecule is CN(C(=O)[C@@H](N)Cc1cc(F)cc(F)c1)c1ccc2nccnc2c1.S.